The summed E-state index contributed by atoms with van der Waals surface area (Å²) in [6, 6.07) is 38.8. The van der Waals surface area contributed by atoms with Gasteiger partial charge in [-0.2, -0.15) is 0 Å². The van der Waals surface area contributed by atoms with Crippen LogP contribution in [0.3, 0.4) is 0 Å². The Morgan fingerprint density at radius 1 is 0.650 bits per heavy atom. The average molecular weight is 515 g/mol. The summed E-state index contributed by atoms with van der Waals surface area (Å²) in [5, 5.41) is 2.54. The Labute approximate surface area is 233 Å². The number of fused-ring (bicyclic) bond motifs is 5. The third kappa shape index (κ3) is 3.32. The second-order valence-electron chi connectivity index (χ2n) is 10.5. The summed E-state index contributed by atoms with van der Waals surface area (Å²) in [6.07, 6.45) is 4.25. The molecule has 2 aliphatic rings. The molecule has 1 aromatic heterocycles. The van der Waals surface area contributed by atoms with Crippen LogP contribution in [0.25, 0.3) is 38.6 Å². The van der Waals surface area contributed by atoms with Gasteiger partial charge in [0, 0.05) is 21.9 Å². The largest absolute Gasteiger partial charge is 0.463 e. The van der Waals surface area contributed by atoms with Crippen LogP contribution in [0.5, 0.6) is 17.2 Å². The van der Waals surface area contributed by atoms with Crippen LogP contribution < -0.4 is 20.4 Å². The van der Waals surface area contributed by atoms with Crippen molar-refractivity contribution in [3.05, 3.63) is 133 Å². The molecule has 0 saturated carbocycles. The highest BCUT2D eigenvalue weighted by atomic mass is 16.5. The zero-order valence-corrected chi connectivity index (χ0v) is 22.4. The molecule has 3 nitrogen and oxygen atoms in total. The minimum Gasteiger partial charge on any atom is -0.463 e. The lowest BCUT2D eigenvalue weighted by Crippen LogP contribution is -2.50. The van der Waals surface area contributed by atoms with Crippen LogP contribution in [0.2, 0.25) is 0 Å². The molecule has 0 aliphatic carbocycles. The Morgan fingerprint density at radius 3 is 2.00 bits per heavy atom. The molecule has 8 rings (SSSR count). The molecule has 6 aromatic rings. The molecule has 0 atom stereocenters. The minimum atomic E-state index is 0.0664. The normalized spacial score (nSPS) is 13.9. The first-order chi connectivity index (χ1) is 19.7. The maximum absolute atomic E-state index is 6.40. The fourth-order valence-corrected chi connectivity index (χ4v) is 6.45. The smallest absolute Gasteiger partial charge is 0.260 e. The van der Waals surface area contributed by atoms with E-state index in [9.17, 15) is 0 Å². The van der Waals surface area contributed by atoms with E-state index in [2.05, 4.69) is 122 Å². The van der Waals surface area contributed by atoms with Crippen molar-refractivity contribution < 1.29 is 9.47 Å². The lowest BCUT2D eigenvalue weighted by molar-refractivity contribution is 0.419. The second-order valence-corrected chi connectivity index (χ2v) is 10.5. The van der Waals surface area contributed by atoms with Crippen molar-refractivity contribution in [2.75, 3.05) is 0 Å². The fourth-order valence-electron chi connectivity index (χ4n) is 6.45. The number of rotatable bonds is 3. The van der Waals surface area contributed by atoms with Gasteiger partial charge in [0.25, 0.3) is 6.71 Å². The van der Waals surface area contributed by atoms with E-state index in [1.165, 1.54) is 43.9 Å². The van der Waals surface area contributed by atoms with E-state index in [1.54, 1.807) is 0 Å². The zero-order chi connectivity index (χ0) is 26.8. The summed E-state index contributed by atoms with van der Waals surface area (Å²) in [4.78, 5) is 0. The highest BCUT2D eigenvalue weighted by molar-refractivity contribution is 6.93. The third-order valence-corrected chi connectivity index (χ3v) is 8.22. The molecule has 0 saturated heterocycles. The first kappa shape index (κ1) is 23.0. The van der Waals surface area contributed by atoms with Gasteiger partial charge in [0.1, 0.15) is 17.2 Å². The summed E-state index contributed by atoms with van der Waals surface area (Å²) >= 11 is 0. The van der Waals surface area contributed by atoms with Gasteiger partial charge in [-0.15, -0.1) is 0 Å². The molecule has 2 aliphatic heterocycles. The summed E-state index contributed by atoms with van der Waals surface area (Å²) in [5.74, 6) is 3.58. The van der Waals surface area contributed by atoms with Gasteiger partial charge >= 0.3 is 0 Å². The fraction of sp³-hybridized carbons (Fsp3) is 0.0556. The van der Waals surface area contributed by atoms with Crippen LogP contribution >= 0.6 is 0 Å². The number of ether oxygens (including phenoxy) is 2. The van der Waals surface area contributed by atoms with E-state index in [-0.39, 0.29) is 6.71 Å². The Morgan fingerprint density at radius 2 is 1.30 bits per heavy atom. The first-order valence-corrected chi connectivity index (χ1v) is 13.8. The van der Waals surface area contributed by atoms with Gasteiger partial charge in [0.15, 0.2) is 0 Å². The Kier molecular flexibility index (Phi) is 5.05. The Bertz CT molecular complexity index is 1980. The van der Waals surface area contributed by atoms with E-state index in [1.807, 2.05) is 18.2 Å². The first-order valence-electron chi connectivity index (χ1n) is 13.8. The van der Waals surface area contributed by atoms with Gasteiger partial charge in [0.05, 0.1) is 16.8 Å². The summed E-state index contributed by atoms with van der Waals surface area (Å²) < 4.78 is 15.0. The number of allylic oxidation sites excluding steroid dienone is 4. The molecule has 0 spiro atoms. The molecular formula is C36H26BNO2. The number of nitrogens with zero attached hydrogens (tertiary/aromatic N) is 1. The molecular weight excluding hydrogens is 489 g/mol. The standard InChI is InChI=1S/C36H26BNO2/c1-3-9-29-23(2)39-34-14-8-15-35-36(34)37(29)30-22-25(18-21-33(30)40-35)24-16-19-26(20-17-24)38-31-12-6-4-10-27(31)28-11-5-7-13-32(28)38/h3-22H,1-2H3/b9-3-. The predicted molar refractivity (Wildman–Crippen MR) is 166 cm³/mol. The van der Waals surface area contributed by atoms with E-state index < -0.39 is 0 Å². The van der Waals surface area contributed by atoms with Gasteiger partial charge in [-0.3, -0.25) is 0 Å². The number of hydrogen-bond donors (Lipinski definition) is 0. The van der Waals surface area contributed by atoms with E-state index in [0.717, 1.165) is 34.2 Å². The van der Waals surface area contributed by atoms with Crippen molar-refractivity contribution in [1.29, 1.82) is 0 Å². The van der Waals surface area contributed by atoms with E-state index in [0.29, 0.717) is 0 Å². The number of aromatic nitrogens is 1. The SMILES string of the molecule is C/C=C\C1=C(C)Oc2cccc3c2B1c1cc(-c2ccc(-n4c5ccccc5c5ccccc54)cc2)ccc1O3. The van der Waals surface area contributed by atoms with Crippen LogP contribution in [-0.4, -0.2) is 11.3 Å². The summed E-state index contributed by atoms with van der Waals surface area (Å²) in [6.45, 7) is 4.17. The van der Waals surface area contributed by atoms with Crippen molar-refractivity contribution in [3.8, 4) is 34.1 Å². The van der Waals surface area contributed by atoms with Gasteiger partial charge in [-0.05, 0) is 78.4 Å². The van der Waals surface area contributed by atoms with Crippen LogP contribution in [0.4, 0.5) is 0 Å². The van der Waals surface area contributed by atoms with Crippen molar-refractivity contribution in [2.45, 2.75) is 13.8 Å². The number of hydrogen-bond acceptors (Lipinski definition) is 2. The van der Waals surface area contributed by atoms with Crippen molar-refractivity contribution in [2.24, 2.45) is 0 Å². The highest BCUT2D eigenvalue weighted by Gasteiger charge is 2.39. The molecule has 0 bridgehead atoms. The van der Waals surface area contributed by atoms with Gasteiger partial charge in [0.2, 0.25) is 0 Å². The highest BCUT2D eigenvalue weighted by Crippen LogP contribution is 2.37. The van der Waals surface area contributed by atoms with Crippen LogP contribution in [0, 0.1) is 0 Å². The van der Waals surface area contributed by atoms with Crippen molar-refractivity contribution in [1.82, 2.24) is 4.57 Å². The second kappa shape index (κ2) is 8.79. The third-order valence-electron chi connectivity index (χ3n) is 8.22. The maximum Gasteiger partial charge on any atom is 0.260 e. The number of para-hydroxylation sites is 2. The van der Waals surface area contributed by atoms with Gasteiger partial charge < -0.3 is 14.0 Å². The molecule has 0 amide bonds. The molecule has 0 fully saturated rings. The maximum atomic E-state index is 6.40. The van der Waals surface area contributed by atoms with Crippen molar-refractivity contribution in [3.63, 3.8) is 0 Å². The average Bonchev–Trinajstić information content (AvgIpc) is 3.33. The molecule has 5 aromatic carbocycles. The monoisotopic (exact) mass is 515 g/mol. The Balaban J connectivity index is 1.24. The molecule has 0 unspecified atom stereocenters. The number of benzene rings is 5. The topological polar surface area (TPSA) is 23.4 Å². The quantitative estimate of drug-likeness (QED) is 0.223. The van der Waals surface area contributed by atoms with Crippen molar-refractivity contribution >= 4 is 39.4 Å². The molecule has 3 heterocycles. The lowest BCUT2D eigenvalue weighted by Gasteiger charge is -2.33. The Hall–Kier alpha value is -4.96. The van der Waals surface area contributed by atoms with Gasteiger partial charge in [-0.1, -0.05) is 78.9 Å². The summed E-state index contributed by atoms with van der Waals surface area (Å²) in [7, 11) is 0. The molecule has 0 N–H and O–H groups in total. The van der Waals surface area contributed by atoms with E-state index in [4.69, 9.17) is 9.47 Å². The predicted octanol–water partition coefficient (Wildman–Crippen LogP) is 7.95. The van der Waals surface area contributed by atoms with Crippen LogP contribution in [-0.2, 0) is 0 Å². The van der Waals surface area contributed by atoms with Gasteiger partial charge in [-0.25, -0.2) is 0 Å². The van der Waals surface area contributed by atoms with E-state index >= 15 is 0 Å². The summed E-state index contributed by atoms with van der Waals surface area (Å²) in [5.41, 5.74) is 9.37. The molecule has 40 heavy (non-hydrogen) atoms. The zero-order valence-electron chi connectivity index (χ0n) is 22.4. The lowest BCUT2D eigenvalue weighted by atomic mass is 9.34. The molecule has 4 heteroatoms. The van der Waals surface area contributed by atoms with Crippen LogP contribution in [0.1, 0.15) is 13.8 Å². The molecule has 0 radical (unpaired) electrons. The molecule has 190 valence electrons. The van der Waals surface area contributed by atoms with Crippen LogP contribution in [0.15, 0.2) is 133 Å². The minimum absolute atomic E-state index is 0.0664.